The van der Waals surface area contributed by atoms with E-state index in [1.54, 1.807) is 0 Å². The molecule has 0 spiro atoms. The van der Waals surface area contributed by atoms with E-state index in [4.69, 9.17) is 0 Å². The first-order chi connectivity index (χ1) is 42.1. The predicted molar refractivity (Wildman–Crippen MR) is 360 cm³/mol. The standard InChI is InChI=1S/C82H55N3/c1-4-17-56(18-5-1)59-37-45-71(46-38-59)84-79-28-14-12-26-74(79)76-54-64(41-49-81(76)84)67-51-66(52-68(53-67)65-42-50-82-77(55-65)75-27-13-15-29-80(75)85(82)72-47-39-60(40-48-72)57-19-6-2-7-20-57)62-33-31-58(32-34-62)61-35-43-70(44-36-61)83(69-23-8-3-9-24-69)78-30-16-22-63-21-10-11-25-73(63)78/h1-55H. The first-order valence-electron chi connectivity index (χ1n) is 29.2. The molecule has 14 aromatic carbocycles. The predicted octanol–water partition coefficient (Wildman–Crippen LogP) is 22.5. The van der Waals surface area contributed by atoms with Gasteiger partial charge in [-0.3, -0.25) is 0 Å². The summed E-state index contributed by atoms with van der Waals surface area (Å²) >= 11 is 0. The summed E-state index contributed by atoms with van der Waals surface area (Å²) in [7, 11) is 0. The number of hydrogen-bond donors (Lipinski definition) is 0. The van der Waals surface area contributed by atoms with E-state index in [1.165, 1.54) is 87.8 Å². The largest absolute Gasteiger partial charge is 0.310 e. The second-order valence-corrected chi connectivity index (χ2v) is 22.1. The summed E-state index contributed by atoms with van der Waals surface area (Å²) in [6, 6.07) is 122. The zero-order valence-electron chi connectivity index (χ0n) is 46.6. The van der Waals surface area contributed by atoms with Gasteiger partial charge in [-0.05, 0) is 181 Å². The molecule has 0 unspecified atom stereocenters. The van der Waals surface area contributed by atoms with Crippen LogP contribution in [-0.4, -0.2) is 9.13 Å². The molecule has 0 fully saturated rings. The van der Waals surface area contributed by atoms with Crippen molar-refractivity contribution in [2.45, 2.75) is 0 Å². The Morgan fingerprint density at radius 3 is 1.01 bits per heavy atom. The van der Waals surface area contributed by atoms with Crippen molar-refractivity contribution in [1.29, 1.82) is 0 Å². The van der Waals surface area contributed by atoms with E-state index in [2.05, 4.69) is 348 Å². The lowest BCUT2D eigenvalue weighted by molar-refractivity contribution is 1.18. The van der Waals surface area contributed by atoms with Gasteiger partial charge in [-0.2, -0.15) is 0 Å². The van der Waals surface area contributed by atoms with Gasteiger partial charge in [0.1, 0.15) is 0 Å². The van der Waals surface area contributed by atoms with Gasteiger partial charge in [0, 0.05) is 49.7 Å². The Hall–Kier alpha value is -11.3. The number of fused-ring (bicyclic) bond motifs is 7. The molecule has 0 saturated carbocycles. The fourth-order valence-electron chi connectivity index (χ4n) is 12.9. The number of benzene rings is 14. The number of anilines is 3. The topological polar surface area (TPSA) is 13.1 Å². The van der Waals surface area contributed by atoms with Crippen molar-refractivity contribution in [3.8, 4) is 78.1 Å². The highest BCUT2D eigenvalue weighted by Crippen LogP contribution is 2.43. The summed E-state index contributed by atoms with van der Waals surface area (Å²) in [4.78, 5) is 2.36. The molecule has 0 N–H and O–H groups in total. The summed E-state index contributed by atoms with van der Waals surface area (Å²) in [5.74, 6) is 0. The lowest BCUT2D eigenvalue weighted by atomic mass is 9.91. The third-order valence-corrected chi connectivity index (χ3v) is 17.1. The van der Waals surface area contributed by atoms with Gasteiger partial charge in [0.25, 0.3) is 0 Å². The van der Waals surface area contributed by atoms with Gasteiger partial charge in [-0.15, -0.1) is 0 Å². The molecule has 2 aromatic heterocycles. The van der Waals surface area contributed by atoms with Gasteiger partial charge in [-0.1, -0.05) is 224 Å². The summed E-state index contributed by atoms with van der Waals surface area (Å²) in [5, 5.41) is 7.32. The molecule has 85 heavy (non-hydrogen) atoms. The van der Waals surface area contributed by atoms with Crippen molar-refractivity contribution >= 4 is 71.4 Å². The molecule has 16 aromatic rings. The molecule has 0 atom stereocenters. The van der Waals surface area contributed by atoms with Gasteiger partial charge in [0.05, 0.1) is 27.8 Å². The summed E-state index contributed by atoms with van der Waals surface area (Å²) in [6.45, 7) is 0. The van der Waals surface area contributed by atoms with E-state index in [0.29, 0.717) is 0 Å². The molecular formula is C82H55N3. The second kappa shape index (κ2) is 20.9. The molecule has 0 aliphatic heterocycles. The Bertz CT molecular complexity index is 4890. The minimum Gasteiger partial charge on any atom is -0.310 e. The smallest absolute Gasteiger partial charge is 0.0541 e. The highest BCUT2D eigenvalue weighted by molar-refractivity contribution is 6.12. The Kier molecular flexibility index (Phi) is 12.2. The van der Waals surface area contributed by atoms with Crippen LogP contribution in [0, 0.1) is 0 Å². The Morgan fingerprint density at radius 1 is 0.188 bits per heavy atom. The molecule has 398 valence electrons. The summed E-state index contributed by atoms with van der Waals surface area (Å²) < 4.78 is 4.82. The van der Waals surface area contributed by atoms with E-state index >= 15 is 0 Å². The number of nitrogens with zero attached hydrogens (tertiary/aromatic N) is 3. The molecule has 2 heterocycles. The molecule has 3 heteroatoms. The van der Waals surface area contributed by atoms with Gasteiger partial charge in [0.15, 0.2) is 0 Å². The van der Waals surface area contributed by atoms with Gasteiger partial charge in [-0.25, -0.2) is 0 Å². The van der Waals surface area contributed by atoms with Crippen molar-refractivity contribution < 1.29 is 0 Å². The first-order valence-corrected chi connectivity index (χ1v) is 29.2. The van der Waals surface area contributed by atoms with Crippen molar-refractivity contribution in [1.82, 2.24) is 9.13 Å². The van der Waals surface area contributed by atoms with Gasteiger partial charge < -0.3 is 14.0 Å². The van der Waals surface area contributed by atoms with E-state index in [1.807, 2.05) is 0 Å². The van der Waals surface area contributed by atoms with Crippen LogP contribution < -0.4 is 4.90 Å². The van der Waals surface area contributed by atoms with Gasteiger partial charge >= 0.3 is 0 Å². The van der Waals surface area contributed by atoms with E-state index in [9.17, 15) is 0 Å². The molecule has 0 amide bonds. The minimum absolute atomic E-state index is 1.10. The quantitative estimate of drug-likeness (QED) is 0.126. The Balaban J connectivity index is 0.800. The Morgan fingerprint density at radius 2 is 0.518 bits per heavy atom. The van der Waals surface area contributed by atoms with Crippen molar-refractivity contribution in [3.05, 3.63) is 334 Å². The van der Waals surface area contributed by atoms with Crippen LogP contribution in [-0.2, 0) is 0 Å². The highest BCUT2D eigenvalue weighted by atomic mass is 15.1. The number of para-hydroxylation sites is 3. The van der Waals surface area contributed by atoms with Crippen molar-refractivity contribution in [2.75, 3.05) is 4.90 Å². The van der Waals surface area contributed by atoms with Crippen LogP contribution in [0.15, 0.2) is 334 Å². The normalized spacial score (nSPS) is 11.5. The lowest BCUT2D eigenvalue weighted by Crippen LogP contribution is -2.10. The maximum absolute atomic E-state index is 2.41. The van der Waals surface area contributed by atoms with E-state index in [0.717, 1.165) is 61.8 Å². The summed E-state index contributed by atoms with van der Waals surface area (Å²) in [5.41, 5.74) is 24.5. The van der Waals surface area contributed by atoms with Crippen molar-refractivity contribution in [2.24, 2.45) is 0 Å². The molecule has 0 bridgehead atoms. The van der Waals surface area contributed by atoms with E-state index in [-0.39, 0.29) is 0 Å². The average Bonchev–Trinajstić information content (AvgIpc) is 3.09. The molecule has 3 nitrogen and oxygen atoms in total. The fourth-order valence-corrected chi connectivity index (χ4v) is 12.9. The minimum atomic E-state index is 1.10. The van der Waals surface area contributed by atoms with Crippen molar-refractivity contribution in [3.63, 3.8) is 0 Å². The molecule has 16 rings (SSSR count). The van der Waals surface area contributed by atoms with Crippen LogP contribution in [0.4, 0.5) is 17.1 Å². The number of hydrogen-bond acceptors (Lipinski definition) is 1. The molecular weight excluding hydrogens is 1030 g/mol. The monoisotopic (exact) mass is 1080 g/mol. The molecule has 0 aliphatic carbocycles. The third kappa shape index (κ3) is 8.94. The first kappa shape index (κ1) is 49.5. The lowest BCUT2D eigenvalue weighted by Gasteiger charge is -2.27. The zero-order chi connectivity index (χ0) is 56.2. The third-order valence-electron chi connectivity index (χ3n) is 17.1. The summed E-state index contributed by atoms with van der Waals surface area (Å²) in [6.07, 6.45) is 0. The number of aromatic nitrogens is 2. The van der Waals surface area contributed by atoms with Crippen LogP contribution in [0.25, 0.3) is 133 Å². The van der Waals surface area contributed by atoms with E-state index < -0.39 is 0 Å². The molecule has 0 radical (unpaired) electrons. The number of rotatable bonds is 11. The van der Waals surface area contributed by atoms with Crippen LogP contribution in [0.5, 0.6) is 0 Å². The fraction of sp³-hybridized carbons (Fsp3) is 0. The SMILES string of the molecule is c1ccc(-c2ccc(-n3c4ccccc4c4cc(-c5cc(-c6ccc(-c7ccc(N(c8ccccc8)c8cccc9ccccc89)cc7)cc6)cc(-c6ccc7c(c6)c6ccccc6n7-c6ccc(-c7ccccc7)cc6)c5)ccc43)cc2)cc1. The van der Waals surface area contributed by atoms with Crippen LogP contribution in [0.2, 0.25) is 0 Å². The maximum atomic E-state index is 2.41. The Labute approximate surface area is 494 Å². The average molecular weight is 1080 g/mol. The zero-order valence-corrected chi connectivity index (χ0v) is 46.6. The van der Waals surface area contributed by atoms with Crippen LogP contribution in [0.3, 0.4) is 0 Å². The maximum Gasteiger partial charge on any atom is 0.0541 e. The molecule has 0 saturated heterocycles. The second-order valence-electron chi connectivity index (χ2n) is 22.1. The van der Waals surface area contributed by atoms with Crippen LogP contribution >= 0.6 is 0 Å². The molecule has 0 aliphatic rings. The van der Waals surface area contributed by atoms with Crippen LogP contribution in [0.1, 0.15) is 0 Å². The highest BCUT2D eigenvalue weighted by Gasteiger charge is 2.19. The van der Waals surface area contributed by atoms with Gasteiger partial charge in [0.2, 0.25) is 0 Å².